The van der Waals surface area contributed by atoms with Gasteiger partial charge in [-0.1, -0.05) is 25.1 Å². The van der Waals surface area contributed by atoms with Gasteiger partial charge in [-0.2, -0.15) is 0 Å². The molecule has 2 unspecified atom stereocenters. The summed E-state index contributed by atoms with van der Waals surface area (Å²) in [5.74, 6) is 1.02. The lowest BCUT2D eigenvalue weighted by atomic mass is 10.00. The van der Waals surface area contributed by atoms with Gasteiger partial charge in [0.15, 0.2) is 0 Å². The fourth-order valence-corrected chi connectivity index (χ4v) is 5.63. The van der Waals surface area contributed by atoms with Crippen LogP contribution in [0, 0.1) is 0 Å². The van der Waals surface area contributed by atoms with Crippen molar-refractivity contribution in [2.24, 2.45) is 0 Å². The maximum atomic E-state index is 6.19. The first-order chi connectivity index (χ1) is 10.2. The number of ether oxygens (including phenoxy) is 1. The maximum Gasteiger partial charge on any atom is 0.123 e. The molecule has 0 radical (unpaired) electrons. The lowest BCUT2D eigenvalue weighted by Gasteiger charge is -2.24. The van der Waals surface area contributed by atoms with Crippen molar-refractivity contribution in [1.29, 1.82) is 0 Å². The molecule has 0 amide bonds. The summed E-state index contributed by atoms with van der Waals surface area (Å²) in [5.41, 5.74) is 2.58. The topological polar surface area (TPSA) is 21.3 Å². The van der Waals surface area contributed by atoms with E-state index in [0.717, 1.165) is 28.9 Å². The van der Waals surface area contributed by atoms with E-state index in [2.05, 4.69) is 68.4 Å². The van der Waals surface area contributed by atoms with Gasteiger partial charge in [0.2, 0.25) is 0 Å². The molecule has 1 aromatic heterocycles. The lowest BCUT2D eigenvalue weighted by molar-refractivity contribution is 0.178. The number of thiophene rings is 1. The minimum Gasteiger partial charge on any atom is -0.488 e. The summed E-state index contributed by atoms with van der Waals surface area (Å²) in [6, 6.07) is 10.7. The van der Waals surface area contributed by atoms with E-state index in [1.165, 1.54) is 14.9 Å². The molecule has 2 heterocycles. The van der Waals surface area contributed by atoms with Crippen LogP contribution in [0.2, 0.25) is 0 Å². The van der Waals surface area contributed by atoms with Gasteiger partial charge in [0.1, 0.15) is 11.9 Å². The molecule has 2 aromatic rings. The van der Waals surface area contributed by atoms with E-state index in [0.29, 0.717) is 0 Å². The molecule has 0 spiro atoms. The van der Waals surface area contributed by atoms with Crippen LogP contribution in [0.4, 0.5) is 0 Å². The molecule has 2 nitrogen and oxygen atoms in total. The molecule has 0 fully saturated rings. The fourth-order valence-electron chi connectivity index (χ4n) is 2.70. The third-order valence-electron chi connectivity index (χ3n) is 3.68. The second kappa shape index (κ2) is 6.82. The molecule has 112 valence electrons. The third-order valence-corrected chi connectivity index (χ3v) is 6.06. The van der Waals surface area contributed by atoms with Gasteiger partial charge < -0.3 is 10.1 Å². The third kappa shape index (κ3) is 3.36. The van der Waals surface area contributed by atoms with Crippen LogP contribution < -0.4 is 10.1 Å². The van der Waals surface area contributed by atoms with E-state index in [4.69, 9.17) is 4.74 Å². The summed E-state index contributed by atoms with van der Waals surface area (Å²) in [7, 11) is 0. The number of halogens is 2. The summed E-state index contributed by atoms with van der Waals surface area (Å²) < 4.78 is 8.50. The highest BCUT2D eigenvalue weighted by Gasteiger charge is 2.32. The number of hydrogen-bond acceptors (Lipinski definition) is 3. The molecule has 0 saturated carbocycles. The largest absolute Gasteiger partial charge is 0.488 e. The zero-order chi connectivity index (χ0) is 14.8. The quantitative estimate of drug-likeness (QED) is 0.693. The van der Waals surface area contributed by atoms with Crippen molar-refractivity contribution in [3.8, 4) is 5.75 Å². The van der Waals surface area contributed by atoms with Crippen LogP contribution in [-0.4, -0.2) is 12.6 Å². The van der Waals surface area contributed by atoms with Gasteiger partial charge in [0, 0.05) is 6.42 Å². The van der Waals surface area contributed by atoms with Crippen LogP contribution >= 0.6 is 43.2 Å². The summed E-state index contributed by atoms with van der Waals surface area (Å²) in [6.07, 6.45) is 2.21. The van der Waals surface area contributed by atoms with E-state index in [-0.39, 0.29) is 12.1 Å². The normalized spacial score (nSPS) is 18.3. The molecule has 0 saturated heterocycles. The average molecular weight is 431 g/mol. The van der Waals surface area contributed by atoms with Crippen LogP contribution in [0.3, 0.4) is 0 Å². The molecule has 0 bridgehead atoms. The van der Waals surface area contributed by atoms with Gasteiger partial charge >= 0.3 is 0 Å². The highest BCUT2D eigenvalue weighted by atomic mass is 79.9. The van der Waals surface area contributed by atoms with Crippen LogP contribution in [0.15, 0.2) is 37.9 Å². The molecular formula is C16H17Br2NOS. The Labute approximate surface area is 146 Å². The zero-order valence-electron chi connectivity index (χ0n) is 11.7. The Balaban J connectivity index is 1.86. The van der Waals surface area contributed by atoms with Gasteiger partial charge in [-0.25, -0.2) is 0 Å². The average Bonchev–Trinajstić information content (AvgIpc) is 3.03. The summed E-state index contributed by atoms with van der Waals surface area (Å²) in [4.78, 5) is 0. The van der Waals surface area contributed by atoms with Gasteiger partial charge in [-0.05, 0) is 68.1 Å². The zero-order valence-corrected chi connectivity index (χ0v) is 15.7. The number of para-hydroxylation sites is 1. The molecule has 1 aromatic carbocycles. The number of fused-ring (bicyclic) bond motifs is 1. The Bertz CT molecular complexity index is 603. The minimum atomic E-state index is 0.145. The Kier molecular flexibility index (Phi) is 5.04. The van der Waals surface area contributed by atoms with Crippen molar-refractivity contribution in [2.75, 3.05) is 6.54 Å². The van der Waals surface area contributed by atoms with Crippen molar-refractivity contribution >= 4 is 43.2 Å². The maximum absolute atomic E-state index is 6.19. The van der Waals surface area contributed by atoms with E-state index >= 15 is 0 Å². The molecule has 0 aliphatic carbocycles. The fraction of sp³-hybridized carbons (Fsp3) is 0.375. The molecule has 21 heavy (non-hydrogen) atoms. The van der Waals surface area contributed by atoms with Crippen LogP contribution in [0.1, 0.15) is 30.5 Å². The van der Waals surface area contributed by atoms with Crippen molar-refractivity contribution < 1.29 is 4.74 Å². The van der Waals surface area contributed by atoms with E-state index < -0.39 is 0 Å². The number of benzene rings is 1. The lowest BCUT2D eigenvalue weighted by Crippen LogP contribution is -2.35. The molecule has 3 rings (SSSR count). The highest BCUT2D eigenvalue weighted by Crippen LogP contribution is 2.40. The second-order valence-electron chi connectivity index (χ2n) is 5.18. The predicted octanol–water partition coefficient (Wildman–Crippen LogP) is 5.32. The Morgan fingerprint density at radius 2 is 2.19 bits per heavy atom. The first kappa shape index (κ1) is 15.5. The Morgan fingerprint density at radius 1 is 1.38 bits per heavy atom. The standard InChI is InChI=1S/C16H17Br2NOS/c1-2-7-19-15(11-9-14(17)21-16(11)18)13-8-10-5-3-4-6-12(10)20-13/h3-6,9,13,15,19H,2,7-8H2,1H3. The molecule has 5 heteroatoms. The van der Waals surface area contributed by atoms with Crippen molar-refractivity contribution in [3.05, 3.63) is 49.0 Å². The first-order valence-electron chi connectivity index (χ1n) is 7.11. The molecule has 2 atom stereocenters. The van der Waals surface area contributed by atoms with E-state index in [1.54, 1.807) is 11.3 Å². The van der Waals surface area contributed by atoms with Crippen LogP contribution in [0.5, 0.6) is 5.75 Å². The number of rotatable bonds is 5. The number of nitrogens with one attached hydrogen (secondary N) is 1. The first-order valence-corrected chi connectivity index (χ1v) is 9.52. The van der Waals surface area contributed by atoms with Crippen molar-refractivity contribution in [3.63, 3.8) is 0 Å². The second-order valence-corrected chi connectivity index (χ2v) is 8.93. The van der Waals surface area contributed by atoms with Gasteiger partial charge in [-0.15, -0.1) is 11.3 Å². The summed E-state index contributed by atoms with van der Waals surface area (Å²) >= 11 is 8.97. The Hall–Kier alpha value is -0.360. The SMILES string of the molecule is CCCNC(c1cc(Br)sc1Br)C1Cc2ccccc2O1. The molecule has 1 N–H and O–H groups in total. The molecular weight excluding hydrogens is 414 g/mol. The Morgan fingerprint density at radius 3 is 2.86 bits per heavy atom. The van der Waals surface area contributed by atoms with Crippen LogP contribution in [0.25, 0.3) is 0 Å². The van der Waals surface area contributed by atoms with Gasteiger partial charge in [-0.3, -0.25) is 0 Å². The molecule has 1 aliphatic rings. The monoisotopic (exact) mass is 429 g/mol. The smallest absolute Gasteiger partial charge is 0.123 e. The van der Waals surface area contributed by atoms with Crippen molar-refractivity contribution in [2.45, 2.75) is 31.9 Å². The van der Waals surface area contributed by atoms with Gasteiger partial charge in [0.25, 0.3) is 0 Å². The predicted molar refractivity (Wildman–Crippen MR) is 95.3 cm³/mol. The summed E-state index contributed by atoms with van der Waals surface area (Å²) in [6.45, 7) is 3.17. The summed E-state index contributed by atoms with van der Waals surface area (Å²) in [5, 5.41) is 3.65. The van der Waals surface area contributed by atoms with Crippen LogP contribution in [-0.2, 0) is 6.42 Å². The minimum absolute atomic E-state index is 0.145. The van der Waals surface area contributed by atoms with Crippen molar-refractivity contribution in [1.82, 2.24) is 5.32 Å². The van der Waals surface area contributed by atoms with E-state index in [9.17, 15) is 0 Å². The van der Waals surface area contributed by atoms with E-state index in [1.807, 2.05) is 6.07 Å². The highest BCUT2D eigenvalue weighted by molar-refractivity contribution is 9.12. The molecule has 1 aliphatic heterocycles. The van der Waals surface area contributed by atoms with Gasteiger partial charge in [0.05, 0.1) is 13.6 Å². The number of hydrogen-bond donors (Lipinski definition) is 1.